The lowest BCUT2D eigenvalue weighted by atomic mass is 9.76. The highest BCUT2D eigenvalue weighted by Crippen LogP contribution is 2.41. The van der Waals surface area contributed by atoms with Crippen LogP contribution in [-0.2, 0) is 5.60 Å². The highest BCUT2D eigenvalue weighted by Gasteiger charge is 2.51. The van der Waals surface area contributed by atoms with Crippen LogP contribution in [0.25, 0.3) is 0 Å². The lowest BCUT2D eigenvalue weighted by Gasteiger charge is -2.39. The Morgan fingerprint density at radius 3 is 2.18 bits per heavy atom. The van der Waals surface area contributed by atoms with Crippen LogP contribution < -0.4 is 0 Å². The largest absolute Gasteiger partial charge is 0.421 e. The minimum absolute atomic E-state index is 0.107. The molecule has 1 aromatic carbocycles. The maximum atomic E-state index is 13.3. The first-order valence-electron chi connectivity index (χ1n) is 11.5. The summed E-state index contributed by atoms with van der Waals surface area (Å²) in [7, 11) is 0. The van der Waals surface area contributed by atoms with Crippen LogP contribution in [0.2, 0.25) is 0 Å². The molecule has 0 radical (unpaired) electrons. The zero-order valence-corrected chi connectivity index (χ0v) is 18.6. The van der Waals surface area contributed by atoms with Gasteiger partial charge in [-0.25, -0.2) is 0 Å². The molecule has 1 unspecified atom stereocenters. The number of rotatable bonds is 5. The molecule has 2 aliphatic carbocycles. The molecule has 1 aromatic rings. The van der Waals surface area contributed by atoms with Crippen LogP contribution in [0.15, 0.2) is 41.0 Å². The number of halogens is 3. The molecule has 1 heterocycles. The number of hydrogen-bond donors (Lipinski definition) is 1. The van der Waals surface area contributed by atoms with Gasteiger partial charge in [-0.1, -0.05) is 12.1 Å². The molecule has 5 nitrogen and oxygen atoms in total. The highest BCUT2D eigenvalue weighted by molar-refractivity contribution is 5.95. The summed E-state index contributed by atoms with van der Waals surface area (Å²) in [5, 5.41) is 19.0. The summed E-state index contributed by atoms with van der Waals surface area (Å²) >= 11 is 0. The first-order valence-corrected chi connectivity index (χ1v) is 11.5. The van der Waals surface area contributed by atoms with Gasteiger partial charge in [-0.05, 0) is 87.5 Å². The summed E-state index contributed by atoms with van der Waals surface area (Å²) in [6.45, 7) is 0.714. The first kappa shape index (κ1) is 23.5. The molecule has 4 rings (SSSR count). The number of alkyl halides is 3. The fourth-order valence-electron chi connectivity index (χ4n) is 5.02. The van der Waals surface area contributed by atoms with Crippen molar-refractivity contribution in [2.45, 2.75) is 75.7 Å². The zero-order valence-electron chi connectivity index (χ0n) is 18.6. The number of carbonyl (C=O) groups is 1. The molecule has 2 saturated carbocycles. The van der Waals surface area contributed by atoms with Crippen LogP contribution in [0, 0.1) is 23.2 Å². The number of aliphatic imine (C=N–C) groups is 1. The molecule has 2 fully saturated rings. The number of amides is 1. The van der Waals surface area contributed by atoms with Crippen LogP contribution in [0.4, 0.5) is 13.2 Å². The second-order valence-corrected chi connectivity index (χ2v) is 9.53. The van der Waals surface area contributed by atoms with E-state index in [-0.39, 0.29) is 23.6 Å². The Balaban J connectivity index is 1.43. The third-order valence-corrected chi connectivity index (χ3v) is 7.26. The summed E-state index contributed by atoms with van der Waals surface area (Å²) in [5.41, 5.74) is -2.44. The molecule has 1 aliphatic heterocycles. The van der Waals surface area contributed by atoms with Gasteiger partial charge in [0.2, 0.25) is 0 Å². The number of hydrogen-bond acceptors (Lipinski definition) is 4. The molecular formula is C25H28F3N3O2. The average molecular weight is 460 g/mol. The van der Waals surface area contributed by atoms with E-state index in [1.807, 2.05) is 17.2 Å². The smallest absolute Gasteiger partial charge is 0.376 e. The minimum atomic E-state index is -4.80. The third kappa shape index (κ3) is 4.84. The quantitative estimate of drug-likeness (QED) is 0.664. The summed E-state index contributed by atoms with van der Waals surface area (Å²) in [6, 6.07) is 7.54. The maximum absolute atomic E-state index is 13.3. The number of benzene rings is 1. The monoisotopic (exact) mass is 459 g/mol. The van der Waals surface area contributed by atoms with Gasteiger partial charge in [0.1, 0.15) is 11.8 Å². The number of carbonyl (C=O) groups excluding carboxylic acids is 1. The Kier molecular flexibility index (Phi) is 6.37. The second kappa shape index (κ2) is 8.94. The number of allylic oxidation sites excluding steroid dienone is 2. The Hall–Kier alpha value is -2.66. The fourth-order valence-corrected chi connectivity index (χ4v) is 5.02. The van der Waals surface area contributed by atoms with Gasteiger partial charge >= 0.3 is 6.18 Å². The van der Waals surface area contributed by atoms with E-state index in [0.717, 1.165) is 44.9 Å². The Labute approximate surface area is 191 Å². The molecule has 1 N–H and O–H groups in total. The standard InChI is InChI=1S/C25H28F3N3O2/c1-24(33,25(26,27)28)19-6-2-17(3-7-19)23(32)31(22-10-11-22)21-8-4-16(5-9-21)18-12-13-30-20(14-18)15-29/h2-3,6-7,13-14,16,18,21-22,33H,4-5,8-12H2,1H3/t16-,18?,21-,24-/m0/s1. The molecule has 0 bridgehead atoms. The molecule has 1 amide bonds. The minimum Gasteiger partial charge on any atom is -0.376 e. The molecule has 33 heavy (non-hydrogen) atoms. The van der Waals surface area contributed by atoms with Gasteiger partial charge in [-0.3, -0.25) is 9.79 Å². The lowest BCUT2D eigenvalue weighted by molar-refractivity contribution is -0.258. The molecule has 0 aromatic heterocycles. The molecule has 176 valence electrons. The van der Waals surface area contributed by atoms with Crippen molar-refractivity contribution in [2.75, 3.05) is 0 Å². The molecular weight excluding hydrogens is 431 g/mol. The Morgan fingerprint density at radius 1 is 1.09 bits per heavy atom. The normalized spacial score (nSPS) is 27.3. The van der Waals surface area contributed by atoms with Gasteiger partial charge in [-0.2, -0.15) is 18.4 Å². The van der Waals surface area contributed by atoms with Crippen molar-refractivity contribution >= 4 is 12.1 Å². The number of nitrogens with zero attached hydrogens (tertiary/aromatic N) is 3. The maximum Gasteiger partial charge on any atom is 0.421 e. The van der Waals surface area contributed by atoms with Crippen molar-refractivity contribution in [3.63, 3.8) is 0 Å². The first-order chi connectivity index (χ1) is 15.6. The Bertz CT molecular complexity index is 980. The molecule has 8 heteroatoms. The van der Waals surface area contributed by atoms with Crippen molar-refractivity contribution in [3.05, 3.63) is 47.2 Å². The van der Waals surface area contributed by atoms with Crippen LogP contribution in [0.5, 0.6) is 0 Å². The number of nitriles is 1. The van der Waals surface area contributed by atoms with E-state index in [0.29, 0.717) is 30.0 Å². The van der Waals surface area contributed by atoms with Crippen LogP contribution in [0.3, 0.4) is 0 Å². The predicted molar refractivity (Wildman–Crippen MR) is 117 cm³/mol. The summed E-state index contributed by atoms with van der Waals surface area (Å²) in [6.07, 6.45) is 5.37. The van der Waals surface area contributed by atoms with Gasteiger partial charge < -0.3 is 10.0 Å². The SMILES string of the molecule is C[C@](O)(c1ccc(C(=O)N(C2CC2)[C@H]2CC[C@H](C3C=C(C#N)N=CC3)CC2)cc1)C(F)(F)F. The van der Waals surface area contributed by atoms with E-state index in [1.54, 1.807) is 0 Å². The van der Waals surface area contributed by atoms with Crippen LogP contribution in [0.1, 0.15) is 67.8 Å². The summed E-state index contributed by atoms with van der Waals surface area (Å²) < 4.78 is 39.4. The van der Waals surface area contributed by atoms with E-state index in [2.05, 4.69) is 11.1 Å². The van der Waals surface area contributed by atoms with Crippen molar-refractivity contribution < 1.29 is 23.1 Å². The predicted octanol–water partition coefficient (Wildman–Crippen LogP) is 5.12. The fraction of sp³-hybridized carbons (Fsp3) is 0.560. The lowest BCUT2D eigenvalue weighted by Crippen LogP contribution is -2.44. The molecule has 2 atom stereocenters. The van der Waals surface area contributed by atoms with Crippen molar-refractivity contribution in [1.29, 1.82) is 5.26 Å². The Morgan fingerprint density at radius 2 is 1.67 bits per heavy atom. The average Bonchev–Trinajstić information content (AvgIpc) is 3.64. The van der Waals surface area contributed by atoms with Crippen LogP contribution in [-0.4, -0.2) is 40.4 Å². The van der Waals surface area contributed by atoms with Crippen LogP contribution >= 0.6 is 0 Å². The molecule has 0 saturated heterocycles. The van der Waals surface area contributed by atoms with E-state index < -0.39 is 11.8 Å². The topological polar surface area (TPSA) is 76.7 Å². The van der Waals surface area contributed by atoms with Crippen molar-refractivity contribution in [3.8, 4) is 6.07 Å². The van der Waals surface area contributed by atoms with E-state index in [4.69, 9.17) is 5.26 Å². The highest BCUT2D eigenvalue weighted by atomic mass is 19.4. The zero-order chi connectivity index (χ0) is 23.8. The number of aliphatic hydroxyl groups is 1. The van der Waals surface area contributed by atoms with Gasteiger partial charge in [0.05, 0.1) is 0 Å². The van der Waals surface area contributed by atoms with Crippen molar-refractivity contribution in [2.24, 2.45) is 16.8 Å². The van der Waals surface area contributed by atoms with Crippen molar-refractivity contribution in [1.82, 2.24) is 4.90 Å². The molecule has 0 spiro atoms. The summed E-state index contributed by atoms with van der Waals surface area (Å²) in [4.78, 5) is 19.4. The van der Waals surface area contributed by atoms with E-state index >= 15 is 0 Å². The van der Waals surface area contributed by atoms with E-state index in [9.17, 15) is 23.1 Å². The third-order valence-electron chi connectivity index (χ3n) is 7.26. The summed E-state index contributed by atoms with van der Waals surface area (Å²) in [5.74, 6) is 0.601. The molecule has 3 aliphatic rings. The second-order valence-electron chi connectivity index (χ2n) is 9.53. The van der Waals surface area contributed by atoms with Gasteiger partial charge in [0, 0.05) is 23.9 Å². The van der Waals surface area contributed by atoms with E-state index in [1.165, 1.54) is 24.3 Å². The van der Waals surface area contributed by atoms with Gasteiger partial charge in [0.15, 0.2) is 5.60 Å². The van der Waals surface area contributed by atoms with Gasteiger partial charge in [0.25, 0.3) is 5.91 Å². The van der Waals surface area contributed by atoms with Gasteiger partial charge in [-0.15, -0.1) is 0 Å².